The highest BCUT2D eigenvalue weighted by Crippen LogP contribution is 2.35. The van der Waals surface area contributed by atoms with E-state index < -0.39 is 5.60 Å². The number of aliphatic hydroxyl groups is 1. The number of hydrogen-bond acceptors (Lipinski definition) is 5. The van der Waals surface area contributed by atoms with Crippen LogP contribution in [0.2, 0.25) is 0 Å². The summed E-state index contributed by atoms with van der Waals surface area (Å²) in [5.41, 5.74) is -0.189. The highest BCUT2D eigenvalue weighted by atomic mass is 79.9. The zero-order valence-corrected chi connectivity index (χ0v) is 14.0. The molecule has 6 nitrogen and oxygen atoms in total. The lowest BCUT2D eigenvalue weighted by Crippen LogP contribution is -2.38. The van der Waals surface area contributed by atoms with E-state index in [4.69, 9.17) is 9.47 Å². The molecule has 0 saturated heterocycles. The van der Waals surface area contributed by atoms with Gasteiger partial charge in [-0.2, -0.15) is 0 Å². The molecular formula is C16H15BrN2O4. The molecule has 23 heavy (non-hydrogen) atoms. The summed E-state index contributed by atoms with van der Waals surface area (Å²) in [6.07, 6.45) is 3.06. The maximum absolute atomic E-state index is 12.1. The van der Waals surface area contributed by atoms with Crippen molar-refractivity contribution in [3.05, 3.63) is 52.3 Å². The molecular weight excluding hydrogens is 364 g/mol. The van der Waals surface area contributed by atoms with Crippen molar-refractivity contribution in [3.63, 3.8) is 0 Å². The Morgan fingerprint density at radius 2 is 2.13 bits per heavy atom. The van der Waals surface area contributed by atoms with Crippen LogP contribution >= 0.6 is 15.9 Å². The van der Waals surface area contributed by atoms with Gasteiger partial charge in [-0.05, 0) is 46.6 Å². The van der Waals surface area contributed by atoms with E-state index in [1.807, 2.05) is 0 Å². The molecule has 2 N–H and O–H groups in total. The minimum Gasteiger partial charge on any atom is -0.454 e. The van der Waals surface area contributed by atoms with Crippen LogP contribution in [0.15, 0.2) is 41.1 Å². The number of halogens is 1. The number of carbonyl (C=O) groups excluding carboxylic acids is 1. The summed E-state index contributed by atoms with van der Waals surface area (Å²) < 4.78 is 11.3. The summed E-state index contributed by atoms with van der Waals surface area (Å²) in [6.45, 7) is 1.86. The van der Waals surface area contributed by atoms with Gasteiger partial charge in [0.05, 0.1) is 12.1 Å². The molecule has 0 radical (unpaired) electrons. The topological polar surface area (TPSA) is 80.7 Å². The molecule has 0 fully saturated rings. The van der Waals surface area contributed by atoms with E-state index in [9.17, 15) is 9.90 Å². The van der Waals surface area contributed by atoms with Crippen LogP contribution in [0.4, 0.5) is 0 Å². The van der Waals surface area contributed by atoms with E-state index in [-0.39, 0.29) is 19.2 Å². The highest BCUT2D eigenvalue weighted by molar-refractivity contribution is 9.10. The molecule has 1 aliphatic heterocycles. The Hall–Kier alpha value is -2.12. The van der Waals surface area contributed by atoms with Gasteiger partial charge in [-0.3, -0.25) is 9.78 Å². The van der Waals surface area contributed by atoms with Gasteiger partial charge in [0.1, 0.15) is 5.60 Å². The molecule has 1 aromatic heterocycles. The molecule has 2 heterocycles. The van der Waals surface area contributed by atoms with Gasteiger partial charge < -0.3 is 19.9 Å². The summed E-state index contributed by atoms with van der Waals surface area (Å²) in [4.78, 5) is 16.1. The molecule has 1 atom stereocenters. The smallest absolute Gasteiger partial charge is 0.252 e. The summed E-state index contributed by atoms with van der Waals surface area (Å²) in [5, 5.41) is 13.3. The number of pyridine rings is 1. The first-order valence-electron chi connectivity index (χ1n) is 6.97. The minimum absolute atomic E-state index is 0.0536. The van der Waals surface area contributed by atoms with Crippen LogP contribution in [0.1, 0.15) is 22.8 Å². The molecule has 2 aromatic rings. The second kappa shape index (κ2) is 6.17. The number of nitrogens with zero attached hydrogens (tertiary/aromatic N) is 1. The van der Waals surface area contributed by atoms with Crippen LogP contribution in [0.3, 0.4) is 0 Å². The highest BCUT2D eigenvalue weighted by Gasteiger charge is 2.26. The molecule has 1 aliphatic rings. The zero-order valence-electron chi connectivity index (χ0n) is 12.4. The summed E-state index contributed by atoms with van der Waals surface area (Å²) in [5.74, 6) is 0.930. The van der Waals surface area contributed by atoms with Crippen LogP contribution < -0.4 is 14.8 Å². The van der Waals surface area contributed by atoms with Gasteiger partial charge in [-0.25, -0.2) is 0 Å². The van der Waals surface area contributed by atoms with Crippen molar-refractivity contribution in [2.45, 2.75) is 12.5 Å². The average Bonchev–Trinajstić information content (AvgIpc) is 3.00. The van der Waals surface area contributed by atoms with Gasteiger partial charge in [-0.1, -0.05) is 6.07 Å². The number of aromatic nitrogens is 1. The van der Waals surface area contributed by atoms with Gasteiger partial charge in [0.25, 0.3) is 5.91 Å². The van der Waals surface area contributed by atoms with E-state index in [0.717, 1.165) is 0 Å². The Morgan fingerprint density at radius 1 is 1.35 bits per heavy atom. The Labute approximate surface area is 141 Å². The normalized spacial score (nSPS) is 15.1. The van der Waals surface area contributed by atoms with Gasteiger partial charge in [0.15, 0.2) is 11.5 Å². The largest absolute Gasteiger partial charge is 0.454 e. The molecule has 0 unspecified atom stereocenters. The van der Waals surface area contributed by atoms with Crippen molar-refractivity contribution < 1.29 is 19.4 Å². The van der Waals surface area contributed by atoms with E-state index in [0.29, 0.717) is 27.1 Å². The molecule has 0 aliphatic carbocycles. The third-order valence-electron chi connectivity index (χ3n) is 3.55. The van der Waals surface area contributed by atoms with Crippen molar-refractivity contribution in [2.24, 2.45) is 0 Å². The number of carbonyl (C=O) groups is 1. The van der Waals surface area contributed by atoms with Crippen LogP contribution in [0.5, 0.6) is 11.5 Å². The predicted molar refractivity (Wildman–Crippen MR) is 86.4 cm³/mol. The summed E-state index contributed by atoms with van der Waals surface area (Å²) in [7, 11) is 0. The Balaban J connectivity index is 1.70. The quantitative estimate of drug-likeness (QED) is 0.852. The number of fused-ring (bicyclic) bond motifs is 1. The fraction of sp³-hybridized carbons (Fsp3) is 0.250. The first-order valence-corrected chi connectivity index (χ1v) is 7.76. The minimum atomic E-state index is -1.24. The summed E-state index contributed by atoms with van der Waals surface area (Å²) in [6, 6.07) is 6.87. The molecule has 120 valence electrons. The number of nitrogens with one attached hydrogen (secondary N) is 1. The first-order chi connectivity index (χ1) is 11.0. The van der Waals surface area contributed by atoms with E-state index >= 15 is 0 Å². The van der Waals surface area contributed by atoms with Gasteiger partial charge in [0.2, 0.25) is 6.79 Å². The van der Waals surface area contributed by atoms with Crippen molar-refractivity contribution in [2.75, 3.05) is 13.3 Å². The maximum Gasteiger partial charge on any atom is 0.252 e. The molecule has 0 bridgehead atoms. The number of hydrogen-bond donors (Lipinski definition) is 2. The lowest BCUT2D eigenvalue weighted by molar-refractivity contribution is 0.0524. The predicted octanol–water partition coefficient (Wildman–Crippen LogP) is 2.21. The Bertz CT molecular complexity index is 749. The number of amides is 1. The fourth-order valence-corrected chi connectivity index (χ4v) is 2.59. The first kappa shape index (κ1) is 15.8. The van der Waals surface area contributed by atoms with E-state index in [1.165, 1.54) is 6.20 Å². The fourth-order valence-electron chi connectivity index (χ4n) is 2.22. The monoisotopic (exact) mass is 378 g/mol. The maximum atomic E-state index is 12.1. The van der Waals surface area contributed by atoms with Crippen molar-refractivity contribution in [1.29, 1.82) is 0 Å². The summed E-state index contributed by atoms with van der Waals surface area (Å²) >= 11 is 3.27. The number of benzene rings is 1. The second-order valence-electron chi connectivity index (χ2n) is 5.42. The zero-order chi connectivity index (χ0) is 16.4. The average molecular weight is 379 g/mol. The lowest BCUT2D eigenvalue weighted by Gasteiger charge is -2.24. The van der Waals surface area contributed by atoms with Crippen molar-refractivity contribution >= 4 is 21.8 Å². The standard InChI is InChI=1S/C16H15BrN2O4/c1-16(21,11-2-3-13-14(5-11)23-9-22-13)8-19-15(20)10-4-12(17)7-18-6-10/h2-7,21H,8-9H2,1H3,(H,19,20)/t16-/m1/s1. The third kappa shape index (κ3) is 3.46. The molecule has 1 aromatic carbocycles. The SMILES string of the molecule is C[C@@](O)(CNC(=O)c1cncc(Br)c1)c1ccc2c(c1)OCO2. The van der Waals surface area contributed by atoms with Gasteiger partial charge in [-0.15, -0.1) is 0 Å². The number of ether oxygens (including phenoxy) is 2. The van der Waals surface area contributed by atoms with Crippen LogP contribution in [0, 0.1) is 0 Å². The van der Waals surface area contributed by atoms with Crippen molar-refractivity contribution in [1.82, 2.24) is 10.3 Å². The molecule has 0 saturated carbocycles. The lowest BCUT2D eigenvalue weighted by atomic mass is 9.95. The van der Waals surface area contributed by atoms with Gasteiger partial charge >= 0.3 is 0 Å². The molecule has 3 rings (SSSR count). The van der Waals surface area contributed by atoms with Crippen LogP contribution in [0.25, 0.3) is 0 Å². The van der Waals surface area contributed by atoms with Crippen molar-refractivity contribution in [3.8, 4) is 11.5 Å². The molecule has 1 amide bonds. The second-order valence-corrected chi connectivity index (χ2v) is 6.33. The Kier molecular flexibility index (Phi) is 4.23. The molecule has 7 heteroatoms. The van der Waals surface area contributed by atoms with E-state index in [2.05, 4.69) is 26.2 Å². The van der Waals surface area contributed by atoms with Crippen LogP contribution in [-0.2, 0) is 5.60 Å². The molecule has 0 spiro atoms. The van der Waals surface area contributed by atoms with Gasteiger partial charge in [0, 0.05) is 16.9 Å². The Morgan fingerprint density at radius 3 is 2.91 bits per heavy atom. The number of rotatable bonds is 4. The van der Waals surface area contributed by atoms with E-state index in [1.54, 1.807) is 37.4 Å². The van der Waals surface area contributed by atoms with Crippen LogP contribution in [-0.4, -0.2) is 29.3 Å². The third-order valence-corrected chi connectivity index (χ3v) is 3.99.